The highest BCUT2D eigenvalue weighted by Crippen LogP contribution is 2.59. The zero-order valence-corrected chi connectivity index (χ0v) is 8.31. The molecule has 0 aliphatic carbocycles. The lowest BCUT2D eigenvalue weighted by molar-refractivity contribution is -0.135. The molecule has 0 saturated heterocycles. The Morgan fingerprint density at radius 1 is 1.82 bits per heavy atom. The van der Waals surface area contributed by atoms with Crippen molar-refractivity contribution in [3.8, 4) is 0 Å². The van der Waals surface area contributed by atoms with Gasteiger partial charge in [-0.05, 0) is 26.3 Å². The SMILES string of the molecule is COC(=O)C1=CC=CS1(N)Br. The van der Waals surface area contributed by atoms with Gasteiger partial charge in [0.25, 0.3) is 0 Å². The Kier molecular flexibility index (Phi) is 2.41. The number of nitrogens with two attached hydrogens (primary N) is 1. The average molecular weight is 238 g/mol. The van der Waals surface area contributed by atoms with Gasteiger partial charge in [0, 0.05) is 0 Å². The van der Waals surface area contributed by atoms with Crippen LogP contribution in [0.3, 0.4) is 0 Å². The van der Waals surface area contributed by atoms with Gasteiger partial charge in [-0.2, -0.15) is 0 Å². The van der Waals surface area contributed by atoms with Crippen LogP contribution in [0.15, 0.2) is 22.5 Å². The standard InChI is InChI=1S/C6H8BrNO2S/c1-10-6(9)5-3-2-4-11(5,7)8/h2-4H,8H2,1H3. The predicted octanol–water partition coefficient (Wildman–Crippen LogP) is 1.56. The molecule has 5 heteroatoms. The number of rotatable bonds is 1. The second kappa shape index (κ2) is 3.00. The maximum Gasteiger partial charge on any atom is 0.345 e. The summed E-state index contributed by atoms with van der Waals surface area (Å²) in [5.74, 6) is -0.371. The van der Waals surface area contributed by atoms with Crippen molar-refractivity contribution in [3.05, 3.63) is 22.5 Å². The van der Waals surface area contributed by atoms with E-state index in [0.29, 0.717) is 4.91 Å². The highest BCUT2D eigenvalue weighted by molar-refractivity contribution is 9.59. The quantitative estimate of drug-likeness (QED) is 0.705. The Morgan fingerprint density at radius 2 is 2.45 bits per heavy atom. The monoisotopic (exact) mass is 237 g/mol. The minimum Gasteiger partial charge on any atom is -0.465 e. The van der Waals surface area contributed by atoms with Crippen molar-refractivity contribution >= 4 is 29.4 Å². The molecule has 1 atom stereocenters. The molecule has 0 spiro atoms. The summed E-state index contributed by atoms with van der Waals surface area (Å²) in [6, 6.07) is 0. The normalized spacial score (nSPS) is 34.3. The molecular weight excluding hydrogens is 230 g/mol. The smallest absolute Gasteiger partial charge is 0.345 e. The molecule has 3 nitrogen and oxygen atoms in total. The molecular formula is C6H8BrNO2S. The van der Waals surface area contributed by atoms with Crippen LogP contribution >= 0.6 is 23.5 Å². The van der Waals surface area contributed by atoms with Crippen LogP contribution in [0.25, 0.3) is 0 Å². The molecule has 0 aromatic heterocycles. The van der Waals surface area contributed by atoms with Gasteiger partial charge in [-0.3, -0.25) is 5.14 Å². The van der Waals surface area contributed by atoms with Gasteiger partial charge >= 0.3 is 5.97 Å². The van der Waals surface area contributed by atoms with E-state index in [1.165, 1.54) is 7.11 Å². The summed E-state index contributed by atoms with van der Waals surface area (Å²) in [6.07, 6.45) is 3.41. The zero-order chi connectivity index (χ0) is 8.48. The number of ether oxygens (including phenoxy) is 1. The number of halogens is 1. The fourth-order valence-electron chi connectivity index (χ4n) is 0.715. The molecule has 0 amide bonds. The first-order valence-electron chi connectivity index (χ1n) is 2.85. The molecule has 1 aliphatic rings. The Hall–Kier alpha value is -0.260. The number of esters is 1. The van der Waals surface area contributed by atoms with E-state index in [1.54, 1.807) is 17.6 Å². The van der Waals surface area contributed by atoms with E-state index in [-0.39, 0.29) is 5.97 Å². The fraction of sp³-hybridized carbons (Fsp3) is 0.167. The molecule has 0 saturated carbocycles. The summed E-state index contributed by atoms with van der Waals surface area (Å²) >= 11 is 3.26. The first-order chi connectivity index (χ1) is 5.08. The van der Waals surface area contributed by atoms with Crippen LogP contribution in [0.1, 0.15) is 0 Å². The third kappa shape index (κ3) is 1.66. The van der Waals surface area contributed by atoms with Gasteiger partial charge in [0.15, 0.2) is 0 Å². The van der Waals surface area contributed by atoms with E-state index in [2.05, 4.69) is 19.5 Å². The first-order valence-corrected chi connectivity index (χ1v) is 6.45. The number of hydrogen-bond acceptors (Lipinski definition) is 3. The first kappa shape index (κ1) is 8.83. The fourth-order valence-corrected chi connectivity index (χ4v) is 2.89. The summed E-state index contributed by atoms with van der Waals surface area (Å²) in [6.45, 7) is 0. The molecule has 62 valence electrons. The van der Waals surface area contributed by atoms with Gasteiger partial charge in [0.05, 0.1) is 7.11 Å². The second-order valence-electron chi connectivity index (χ2n) is 1.98. The maximum absolute atomic E-state index is 11.0. The molecule has 1 heterocycles. The van der Waals surface area contributed by atoms with Crippen LogP contribution in [0.2, 0.25) is 0 Å². The van der Waals surface area contributed by atoms with Crippen molar-refractivity contribution in [1.82, 2.24) is 0 Å². The van der Waals surface area contributed by atoms with Crippen LogP contribution in [-0.4, -0.2) is 13.1 Å². The summed E-state index contributed by atoms with van der Waals surface area (Å²) in [5, 5.41) is 7.51. The van der Waals surface area contributed by atoms with Gasteiger partial charge in [-0.25, -0.2) is 4.79 Å². The highest BCUT2D eigenvalue weighted by Gasteiger charge is 2.27. The minimum atomic E-state index is -1.68. The van der Waals surface area contributed by atoms with Crippen molar-refractivity contribution < 1.29 is 9.53 Å². The van der Waals surface area contributed by atoms with Gasteiger partial charge in [-0.15, -0.1) is 0 Å². The molecule has 1 unspecified atom stereocenters. The van der Waals surface area contributed by atoms with Crippen molar-refractivity contribution in [2.24, 2.45) is 5.14 Å². The summed E-state index contributed by atoms with van der Waals surface area (Å²) in [5.41, 5.74) is 0. The predicted molar refractivity (Wildman–Crippen MR) is 49.9 cm³/mol. The average Bonchev–Trinajstić information content (AvgIpc) is 2.28. The van der Waals surface area contributed by atoms with Crippen LogP contribution in [0, 0.1) is 0 Å². The third-order valence-electron chi connectivity index (χ3n) is 1.25. The lowest BCUT2D eigenvalue weighted by Crippen LogP contribution is -2.11. The molecule has 0 fully saturated rings. The van der Waals surface area contributed by atoms with E-state index in [4.69, 9.17) is 5.14 Å². The zero-order valence-electron chi connectivity index (χ0n) is 5.91. The highest BCUT2D eigenvalue weighted by atomic mass is 79.9. The molecule has 11 heavy (non-hydrogen) atoms. The van der Waals surface area contributed by atoms with E-state index in [9.17, 15) is 4.79 Å². The van der Waals surface area contributed by atoms with Crippen molar-refractivity contribution in [2.75, 3.05) is 7.11 Å². The number of carbonyl (C=O) groups is 1. The largest absolute Gasteiger partial charge is 0.465 e. The van der Waals surface area contributed by atoms with E-state index in [1.807, 2.05) is 0 Å². The van der Waals surface area contributed by atoms with Crippen LogP contribution < -0.4 is 5.14 Å². The summed E-state index contributed by atoms with van der Waals surface area (Å²) in [4.78, 5) is 11.5. The molecule has 1 rings (SSSR count). The molecule has 0 radical (unpaired) electrons. The van der Waals surface area contributed by atoms with Crippen LogP contribution in [-0.2, 0) is 9.53 Å². The molecule has 0 aromatic carbocycles. The lowest BCUT2D eigenvalue weighted by atomic mass is 10.5. The maximum atomic E-state index is 11.0. The molecule has 1 aliphatic heterocycles. The van der Waals surface area contributed by atoms with Crippen LogP contribution in [0.4, 0.5) is 0 Å². The van der Waals surface area contributed by atoms with Gasteiger partial charge in [-0.1, -0.05) is 14.7 Å². The number of carbonyl (C=O) groups excluding carboxylic acids is 1. The van der Waals surface area contributed by atoms with Crippen molar-refractivity contribution in [1.29, 1.82) is 0 Å². The van der Waals surface area contributed by atoms with E-state index in [0.717, 1.165) is 0 Å². The van der Waals surface area contributed by atoms with E-state index < -0.39 is 8.65 Å². The Balaban J connectivity index is 2.85. The lowest BCUT2D eigenvalue weighted by Gasteiger charge is -2.21. The number of hydrogen-bond donors (Lipinski definition) is 1. The van der Waals surface area contributed by atoms with Crippen molar-refractivity contribution in [3.63, 3.8) is 0 Å². The number of allylic oxidation sites excluding steroid dienone is 2. The molecule has 0 bridgehead atoms. The Bertz CT molecular complexity index is 247. The third-order valence-corrected chi connectivity index (χ3v) is 4.47. The van der Waals surface area contributed by atoms with Gasteiger partial charge < -0.3 is 4.74 Å². The van der Waals surface area contributed by atoms with Crippen LogP contribution in [0.5, 0.6) is 0 Å². The Morgan fingerprint density at radius 3 is 2.82 bits per heavy atom. The van der Waals surface area contributed by atoms with Gasteiger partial charge in [0.1, 0.15) is 4.91 Å². The summed E-state index contributed by atoms with van der Waals surface area (Å²) in [7, 11) is -0.343. The molecule has 2 N–H and O–H groups in total. The second-order valence-corrected chi connectivity index (χ2v) is 7.16. The van der Waals surface area contributed by atoms with Crippen molar-refractivity contribution in [2.45, 2.75) is 0 Å². The number of methoxy groups -OCH3 is 1. The summed E-state index contributed by atoms with van der Waals surface area (Å²) < 4.78 is 4.53. The molecule has 0 aromatic rings. The van der Waals surface area contributed by atoms with E-state index >= 15 is 0 Å². The van der Waals surface area contributed by atoms with Gasteiger partial charge in [0.2, 0.25) is 0 Å². The Labute approximate surface area is 73.9 Å². The topological polar surface area (TPSA) is 52.3 Å². The minimum absolute atomic E-state index is 0.371.